The van der Waals surface area contributed by atoms with Crippen molar-refractivity contribution >= 4 is 5.69 Å². The zero-order valence-electron chi connectivity index (χ0n) is 5.43. The lowest BCUT2D eigenvalue weighted by molar-refractivity contribution is -0.384. The Balaban J connectivity index is 0.000000461. The summed E-state index contributed by atoms with van der Waals surface area (Å²) < 4.78 is 0. The van der Waals surface area contributed by atoms with E-state index in [2.05, 4.69) is 10.6 Å². The van der Waals surface area contributed by atoms with Crippen LogP contribution in [0.25, 0.3) is 0 Å². The average molecular weight is 155 g/mol. The Morgan fingerprint density at radius 1 is 1.36 bits per heavy atom. The van der Waals surface area contributed by atoms with E-state index in [0.717, 1.165) is 0 Å². The molecule has 0 unspecified atom stereocenters. The first kappa shape index (κ1) is 9.15. The van der Waals surface area contributed by atoms with Crippen molar-refractivity contribution in [2.45, 2.75) is 0 Å². The number of nitrogens with zero attached hydrogens (tertiary/aromatic N) is 2. The highest BCUT2D eigenvalue weighted by Gasteiger charge is 1.99. The van der Waals surface area contributed by atoms with Gasteiger partial charge in [0, 0.05) is 24.5 Å². The number of nitrogens with one attached hydrogen (secondary N) is 1. The molecule has 6 heteroatoms. The molecule has 6 nitrogen and oxygen atoms in total. The van der Waals surface area contributed by atoms with Crippen molar-refractivity contribution < 1.29 is 4.92 Å². The molecular formula is C5H5N3O3. The number of hydrogen-bond acceptors (Lipinski definition) is 5. The molecule has 1 aromatic heterocycles. The number of pyridine rings is 1. The van der Waals surface area contributed by atoms with Gasteiger partial charge in [-0.1, -0.05) is 5.59 Å². The first-order valence-electron chi connectivity index (χ1n) is 2.55. The molecule has 0 radical (unpaired) electrons. The van der Waals surface area contributed by atoms with E-state index in [1.807, 2.05) is 0 Å². The second kappa shape index (κ2) is 4.98. The molecule has 0 saturated heterocycles. The van der Waals surface area contributed by atoms with Gasteiger partial charge in [-0.05, 0) is 0 Å². The molecule has 11 heavy (non-hydrogen) atoms. The van der Waals surface area contributed by atoms with Crippen LogP contribution in [0.5, 0.6) is 0 Å². The Bertz CT molecular complexity index is 226. The van der Waals surface area contributed by atoms with Crippen LogP contribution in [-0.4, -0.2) is 9.91 Å². The summed E-state index contributed by atoms with van der Waals surface area (Å²) in [4.78, 5) is 20.6. The van der Waals surface area contributed by atoms with Gasteiger partial charge in [-0.25, -0.2) is 0 Å². The van der Waals surface area contributed by atoms with Gasteiger partial charge in [-0.15, -0.1) is 0 Å². The van der Waals surface area contributed by atoms with Crippen molar-refractivity contribution in [3.8, 4) is 0 Å². The number of hydrogen-bond donors (Lipinski definition) is 1. The van der Waals surface area contributed by atoms with E-state index in [1.165, 1.54) is 24.5 Å². The van der Waals surface area contributed by atoms with Gasteiger partial charge in [-0.3, -0.25) is 15.1 Å². The molecular weight excluding hydrogens is 150 g/mol. The molecule has 1 N–H and O–H groups in total. The zero-order valence-corrected chi connectivity index (χ0v) is 5.43. The summed E-state index contributed by atoms with van der Waals surface area (Å²) in [7, 11) is 0. The van der Waals surface area contributed by atoms with Crippen LogP contribution >= 0.6 is 0 Å². The minimum absolute atomic E-state index is 0.0741. The minimum Gasteiger partial charge on any atom is -0.264 e. The number of nitro groups is 1. The molecule has 0 spiro atoms. The second-order valence-corrected chi connectivity index (χ2v) is 1.46. The first-order valence-corrected chi connectivity index (χ1v) is 2.55. The predicted molar refractivity (Wildman–Crippen MR) is 37.0 cm³/mol. The highest BCUT2D eigenvalue weighted by atomic mass is 16.6. The third kappa shape index (κ3) is 2.99. The van der Waals surface area contributed by atoms with E-state index < -0.39 is 4.92 Å². The van der Waals surface area contributed by atoms with Crippen LogP contribution in [0, 0.1) is 20.6 Å². The molecule has 0 bridgehead atoms. The molecule has 0 atom stereocenters. The normalized spacial score (nSPS) is 7.64. The monoisotopic (exact) mass is 155 g/mol. The Morgan fingerprint density at radius 3 is 2.09 bits per heavy atom. The summed E-state index contributed by atoms with van der Waals surface area (Å²) in [6.45, 7) is 0. The Hall–Kier alpha value is -1.85. The molecule has 0 amide bonds. The highest BCUT2D eigenvalue weighted by molar-refractivity contribution is 5.24. The van der Waals surface area contributed by atoms with E-state index in [4.69, 9.17) is 4.91 Å². The zero-order chi connectivity index (χ0) is 8.69. The van der Waals surface area contributed by atoms with Crippen molar-refractivity contribution in [2.24, 2.45) is 0 Å². The van der Waals surface area contributed by atoms with Crippen LogP contribution in [0.15, 0.2) is 24.5 Å². The maximum Gasteiger partial charge on any atom is 0.272 e. The number of aromatic nitrogens is 1. The maximum atomic E-state index is 9.98. The molecule has 0 fully saturated rings. The van der Waals surface area contributed by atoms with Crippen molar-refractivity contribution in [3.63, 3.8) is 0 Å². The molecule has 0 aromatic carbocycles. The predicted octanol–water partition coefficient (Wildman–Crippen LogP) is 1.32. The van der Waals surface area contributed by atoms with E-state index in [-0.39, 0.29) is 5.69 Å². The number of rotatable bonds is 1. The van der Waals surface area contributed by atoms with Crippen LogP contribution in [-0.2, 0) is 0 Å². The van der Waals surface area contributed by atoms with Crippen LogP contribution in [0.3, 0.4) is 0 Å². The summed E-state index contributed by atoms with van der Waals surface area (Å²) in [6.07, 6.45) is 2.77. The Kier molecular flexibility index (Phi) is 4.14. The van der Waals surface area contributed by atoms with Gasteiger partial charge in [0.1, 0.15) is 0 Å². The SMILES string of the molecule is N=O.O=[N+]([O-])c1ccncc1. The van der Waals surface area contributed by atoms with Gasteiger partial charge in [-0.2, -0.15) is 4.91 Å². The molecule has 1 aromatic rings. The summed E-state index contributed by atoms with van der Waals surface area (Å²) in [6, 6.07) is 2.69. The van der Waals surface area contributed by atoms with Gasteiger partial charge in [0.2, 0.25) is 0 Å². The fourth-order valence-corrected chi connectivity index (χ4v) is 0.466. The van der Waals surface area contributed by atoms with E-state index in [9.17, 15) is 10.1 Å². The summed E-state index contributed by atoms with van der Waals surface area (Å²) >= 11 is 0. The van der Waals surface area contributed by atoms with Crippen LogP contribution in [0.2, 0.25) is 0 Å². The maximum absolute atomic E-state index is 9.98. The van der Waals surface area contributed by atoms with Crippen LogP contribution in [0.1, 0.15) is 0 Å². The van der Waals surface area contributed by atoms with Gasteiger partial charge in [0.15, 0.2) is 0 Å². The largest absolute Gasteiger partial charge is 0.272 e. The summed E-state index contributed by atoms with van der Waals surface area (Å²) in [5.74, 6) is 0. The van der Waals surface area contributed by atoms with Crippen LogP contribution in [0.4, 0.5) is 5.69 Å². The van der Waals surface area contributed by atoms with Gasteiger partial charge in [0.05, 0.1) is 4.92 Å². The smallest absolute Gasteiger partial charge is 0.264 e. The standard InChI is InChI=1S/C5H4N2O2.HNO/c8-7(9)5-1-3-6-4-2-5;1-2/h1-4H;1H. The molecule has 0 aliphatic heterocycles. The van der Waals surface area contributed by atoms with E-state index in [1.54, 1.807) is 0 Å². The van der Waals surface area contributed by atoms with Gasteiger partial charge >= 0.3 is 0 Å². The Morgan fingerprint density at radius 2 is 1.82 bits per heavy atom. The molecule has 1 rings (SSSR count). The topological polar surface area (TPSA) is 97.0 Å². The summed E-state index contributed by atoms with van der Waals surface area (Å²) in [5, 5.41) is 9.98. The van der Waals surface area contributed by atoms with Crippen LogP contribution < -0.4 is 0 Å². The average Bonchev–Trinajstić information content (AvgIpc) is 2.10. The number of nitroso groups, excluding NO2 is 1. The van der Waals surface area contributed by atoms with Crippen molar-refractivity contribution in [2.75, 3.05) is 0 Å². The van der Waals surface area contributed by atoms with Crippen molar-refractivity contribution in [1.29, 1.82) is 5.59 Å². The van der Waals surface area contributed by atoms with Crippen molar-refractivity contribution in [1.82, 2.24) is 4.98 Å². The van der Waals surface area contributed by atoms with Crippen molar-refractivity contribution in [3.05, 3.63) is 39.5 Å². The molecule has 0 saturated carbocycles. The molecule has 0 aliphatic rings. The van der Waals surface area contributed by atoms with E-state index >= 15 is 0 Å². The van der Waals surface area contributed by atoms with E-state index in [0.29, 0.717) is 0 Å². The fourth-order valence-electron chi connectivity index (χ4n) is 0.466. The highest BCUT2D eigenvalue weighted by Crippen LogP contribution is 2.05. The molecule has 1 heterocycles. The lowest BCUT2D eigenvalue weighted by atomic mass is 10.4. The summed E-state index contributed by atoms with van der Waals surface area (Å²) in [5.41, 5.74) is 4.57. The third-order valence-corrected chi connectivity index (χ3v) is 0.874. The Labute approximate surface area is 61.8 Å². The lowest BCUT2D eigenvalue weighted by Crippen LogP contribution is -1.85. The first-order chi connectivity index (χ1) is 5.30. The third-order valence-electron chi connectivity index (χ3n) is 0.874. The molecule has 0 aliphatic carbocycles. The van der Waals surface area contributed by atoms with Gasteiger partial charge in [0.25, 0.3) is 5.69 Å². The second-order valence-electron chi connectivity index (χ2n) is 1.46. The lowest BCUT2D eigenvalue weighted by Gasteiger charge is -1.84. The minimum atomic E-state index is -0.457. The fraction of sp³-hybridized carbons (Fsp3) is 0. The van der Waals surface area contributed by atoms with Gasteiger partial charge < -0.3 is 0 Å². The molecule has 58 valence electrons. The quantitative estimate of drug-likeness (QED) is 0.375.